The summed E-state index contributed by atoms with van der Waals surface area (Å²) in [4.78, 5) is 0. The molecular weight excluding hydrogens is 135 g/mol. The second-order valence-corrected chi connectivity index (χ2v) is 1.95. The van der Waals surface area contributed by atoms with Crippen LogP contribution >= 0.6 is 0 Å². The largest absolute Gasteiger partial charge is 1.00 e. The first kappa shape index (κ1) is 10.0. The van der Waals surface area contributed by atoms with Gasteiger partial charge in [-0.25, -0.2) is 0 Å². The molecule has 0 aromatic carbocycles. The van der Waals surface area contributed by atoms with Crippen molar-refractivity contribution in [2.45, 2.75) is 13.3 Å². The van der Waals surface area contributed by atoms with E-state index in [2.05, 4.69) is 0 Å². The van der Waals surface area contributed by atoms with Crippen molar-refractivity contribution in [1.29, 1.82) is 0 Å². The van der Waals surface area contributed by atoms with E-state index >= 15 is 0 Å². The standard InChI is InChI=1S/C8H10O.Na/c1-2-8(9)7-5-3-4-6-7;/h3-6,9H,2H2,1H3;/q;+1/p-1. The van der Waals surface area contributed by atoms with Gasteiger partial charge in [0.1, 0.15) is 0 Å². The maximum absolute atomic E-state index is 10.9. The Kier molecular flexibility index (Phi) is 4.79. The van der Waals surface area contributed by atoms with Crippen LogP contribution in [0, 0.1) is 0 Å². The van der Waals surface area contributed by atoms with Crippen LogP contribution in [0.4, 0.5) is 0 Å². The average Bonchev–Trinajstić information content (AvgIpc) is 2.37. The van der Waals surface area contributed by atoms with Gasteiger partial charge in [0.05, 0.1) is 0 Å². The van der Waals surface area contributed by atoms with Crippen molar-refractivity contribution < 1.29 is 34.7 Å². The van der Waals surface area contributed by atoms with Gasteiger partial charge >= 0.3 is 29.6 Å². The molecule has 0 radical (unpaired) electrons. The average molecular weight is 144 g/mol. The number of allylic oxidation sites excluding steroid dienone is 6. The van der Waals surface area contributed by atoms with Gasteiger partial charge < -0.3 is 5.11 Å². The summed E-state index contributed by atoms with van der Waals surface area (Å²) in [7, 11) is 0. The first-order valence-electron chi connectivity index (χ1n) is 3.09. The van der Waals surface area contributed by atoms with Crippen molar-refractivity contribution in [2.75, 3.05) is 0 Å². The molecule has 0 N–H and O–H groups in total. The monoisotopic (exact) mass is 144 g/mol. The second-order valence-electron chi connectivity index (χ2n) is 1.95. The van der Waals surface area contributed by atoms with E-state index in [0.717, 1.165) is 5.57 Å². The molecule has 0 aromatic rings. The maximum Gasteiger partial charge on any atom is 1.00 e. The van der Waals surface area contributed by atoms with E-state index in [-0.39, 0.29) is 35.3 Å². The summed E-state index contributed by atoms with van der Waals surface area (Å²) in [6.07, 6.45) is 8.04. The molecule has 0 fully saturated rings. The molecule has 0 amide bonds. The Hall–Kier alpha value is 0.0200. The molecule has 0 atom stereocenters. The summed E-state index contributed by atoms with van der Waals surface area (Å²) in [6.45, 7) is 1.87. The summed E-state index contributed by atoms with van der Waals surface area (Å²) in [5.74, 6) is 0.222. The van der Waals surface area contributed by atoms with Crippen LogP contribution in [0.2, 0.25) is 0 Å². The van der Waals surface area contributed by atoms with Gasteiger partial charge in [-0.15, -0.1) is 5.76 Å². The second kappa shape index (κ2) is 4.78. The van der Waals surface area contributed by atoms with E-state index in [4.69, 9.17) is 0 Å². The molecule has 0 aromatic heterocycles. The van der Waals surface area contributed by atoms with Crippen LogP contribution in [-0.4, -0.2) is 0 Å². The zero-order chi connectivity index (χ0) is 6.69. The normalized spacial score (nSPS) is 13.5. The third-order valence-corrected chi connectivity index (χ3v) is 1.31. The number of hydrogen-bond acceptors (Lipinski definition) is 1. The molecular formula is C8H9NaO. The van der Waals surface area contributed by atoms with Crippen LogP contribution in [0.1, 0.15) is 13.3 Å². The van der Waals surface area contributed by atoms with Crippen molar-refractivity contribution in [3.05, 3.63) is 35.6 Å². The molecule has 0 spiro atoms. The zero-order valence-corrected chi connectivity index (χ0v) is 8.42. The van der Waals surface area contributed by atoms with Crippen molar-refractivity contribution in [1.82, 2.24) is 0 Å². The molecule has 0 unspecified atom stereocenters. The van der Waals surface area contributed by atoms with Gasteiger partial charge in [0.15, 0.2) is 0 Å². The van der Waals surface area contributed by atoms with Gasteiger partial charge in [0, 0.05) is 0 Å². The zero-order valence-electron chi connectivity index (χ0n) is 6.42. The minimum absolute atomic E-state index is 0. The Labute approximate surface area is 83.4 Å². The van der Waals surface area contributed by atoms with Gasteiger partial charge in [-0.3, -0.25) is 0 Å². The molecule has 0 heterocycles. The Morgan fingerprint density at radius 3 is 2.30 bits per heavy atom. The van der Waals surface area contributed by atoms with Gasteiger partial charge in [0.2, 0.25) is 0 Å². The maximum atomic E-state index is 10.9. The van der Waals surface area contributed by atoms with Crippen LogP contribution in [0.5, 0.6) is 0 Å². The summed E-state index contributed by atoms with van der Waals surface area (Å²) < 4.78 is 0. The fourth-order valence-electron chi connectivity index (χ4n) is 0.764. The fourth-order valence-corrected chi connectivity index (χ4v) is 0.764. The SMILES string of the molecule is CCC([O-])=C1C=CC=C1.[Na+]. The first-order chi connectivity index (χ1) is 4.34. The summed E-state index contributed by atoms with van der Waals surface area (Å²) in [5.41, 5.74) is 0.831. The molecule has 10 heavy (non-hydrogen) atoms. The van der Waals surface area contributed by atoms with E-state index in [1.165, 1.54) is 0 Å². The topological polar surface area (TPSA) is 23.1 Å². The molecule has 0 saturated heterocycles. The molecule has 2 heteroatoms. The molecule has 0 bridgehead atoms. The smallest absolute Gasteiger partial charge is 0.875 e. The minimum Gasteiger partial charge on any atom is -0.875 e. The number of hydrogen-bond donors (Lipinski definition) is 0. The molecule has 1 aliphatic carbocycles. The minimum atomic E-state index is 0. The van der Waals surface area contributed by atoms with Crippen LogP contribution in [0.15, 0.2) is 35.6 Å². The summed E-state index contributed by atoms with van der Waals surface area (Å²) in [5, 5.41) is 10.9. The van der Waals surface area contributed by atoms with E-state index in [1.807, 2.05) is 31.2 Å². The third-order valence-electron chi connectivity index (χ3n) is 1.31. The van der Waals surface area contributed by atoms with Crippen molar-refractivity contribution >= 4 is 0 Å². The summed E-state index contributed by atoms with van der Waals surface area (Å²) in [6, 6.07) is 0. The van der Waals surface area contributed by atoms with Crippen molar-refractivity contribution in [3.63, 3.8) is 0 Å². The first-order valence-corrected chi connectivity index (χ1v) is 3.09. The van der Waals surface area contributed by atoms with Crippen molar-refractivity contribution in [3.8, 4) is 0 Å². The van der Waals surface area contributed by atoms with Gasteiger partial charge in [-0.05, 0) is 12.0 Å². The quantitative estimate of drug-likeness (QED) is 0.313. The summed E-state index contributed by atoms with van der Waals surface area (Å²) >= 11 is 0. The van der Waals surface area contributed by atoms with E-state index in [1.54, 1.807) is 0 Å². The Morgan fingerprint density at radius 1 is 1.40 bits per heavy atom. The molecule has 1 aliphatic rings. The van der Waals surface area contributed by atoms with E-state index in [0.29, 0.717) is 6.42 Å². The third kappa shape index (κ3) is 2.33. The Balaban J connectivity index is 0.000000810. The molecule has 1 rings (SSSR count). The number of rotatable bonds is 1. The van der Waals surface area contributed by atoms with Gasteiger partial charge in [0.25, 0.3) is 0 Å². The van der Waals surface area contributed by atoms with E-state index < -0.39 is 0 Å². The molecule has 0 saturated carbocycles. The van der Waals surface area contributed by atoms with Gasteiger partial charge in [-0.1, -0.05) is 31.2 Å². The van der Waals surface area contributed by atoms with Crippen LogP contribution in [0.3, 0.4) is 0 Å². The van der Waals surface area contributed by atoms with Crippen LogP contribution < -0.4 is 34.7 Å². The molecule has 48 valence electrons. The predicted molar refractivity (Wildman–Crippen MR) is 35.6 cm³/mol. The Bertz CT molecular complexity index is 175. The van der Waals surface area contributed by atoms with Crippen LogP contribution in [0.25, 0.3) is 0 Å². The fraction of sp³-hybridized carbons (Fsp3) is 0.250. The van der Waals surface area contributed by atoms with Crippen molar-refractivity contribution in [2.24, 2.45) is 0 Å². The Morgan fingerprint density at radius 2 is 1.90 bits per heavy atom. The van der Waals surface area contributed by atoms with Gasteiger partial charge in [-0.2, -0.15) is 0 Å². The van der Waals surface area contributed by atoms with E-state index in [9.17, 15) is 5.11 Å². The predicted octanol–water partition coefficient (Wildman–Crippen LogP) is -1.86. The van der Waals surface area contributed by atoms with Crippen LogP contribution in [-0.2, 0) is 0 Å². The molecule has 1 nitrogen and oxygen atoms in total. The molecule has 0 aliphatic heterocycles.